The molecule has 2 amide bonds. The van der Waals surface area contributed by atoms with E-state index in [0.29, 0.717) is 6.42 Å². The van der Waals surface area contributed by atoms with Crippen molar-refractivity contribution in [3.63, 3.8) is 0 Å². The van der Waals surface area contributed by atoms with Crippen LogP contribution in [-0.4, -0.2) is 51.0 Å². The molecule has 0 saturated heterocycles. The number of carbonyl (C=O) groups is 2. The van der Waals surface area contributed by atoms with Gasteiger partial charge in [0.25, 0.3) is 0 Å². The van der Waals surface area contributed by atoms with Crippen LogP contribution in [0.2, 0.25) is 0 Å². The van der Waals surface area contributed by atoms with Crippen LogP contribution in [0.25, 0.3) is 0 Å². The molecule has 0 aliphatic rings. The molecule has 3 aromatic carbocycles. The van der Waals surface area contributed by atoms with Crippen LogP contribution < -0.4 is 9.62 Å². The Labute approximate surface area is 231 Å². The normalized spacial score (nSPS) is 12.0. The third-order valence-corrected chi connectivity index (χ3v) is 7.71. The number of hydrogen-bond acceptors (Lipinski definition) is 4. The van der Waals surface area contributed by atoms with Crippen molar-refractivity contribution in [3.05, 3.63) is 100 Å². The predicted molar refractivity (Wildman–Crippen MR) is 151 cm³/mol. The van der Waals surface area contributed by atoms with E-state index in [2.05, 4.69) is 21.2 Å². The van der Waals surface area contributed by atoms with Crippen molar-refractivity contribution in [2.45, 2.75) is 31.8 Å². The van der Waals surface area contributed by atoms with Crippen LogP contribution in [0.5, 0.6) is 0 Å². The van der Waals surface area contributed by atoms with E-state index in [1.54, 1.807) is 6.07 Å². The van der Waals surface area contributed by atoms with Crippen molar-refractivity contribution in [3.8, 4) is 0 Å². The Bertz CT molecular complexity index is 1350. The van der Waals surface area contributed by atoms with Gasteiger partial charge in [-0.25, -0.2) is 12.8 Å². The summed E-state index contributed by atoms with van der Waals surface area (Å²) in [6.07, 6.45) is 1.42. The van der Waals surface area contributed by atoms with Crippen molar-refractivity contribution in [2.24, 2.45) is 0 Å². The lowest BCUT2D eigenvalue weighted by Crippen LogP contribution is -2.49. The van der Waals surface area contributed by atoms with Gasteiger partial charge < -0.3 is 10.2 Å². The topological polar surface area (TPSA) is 86.8 Å². The highest BCUT2D eigenvalue weighted by atomic mass is 79.9. The van der Waals surface area contributed by atoms with E-state index in [1.807, 2.05) is 54.6 Å². The van der Waals surface area contributed by atoms with Crippen LogP contribution in [0.3, 0.4) is 0 Å². The fraction of sp³-hybridized carbons (Fsp3) is 0.286. The number of sulfonamides is 1. The lowest BCUT2D eigenvalue weighted by molar-refractivity contribution is -0.141. The molecule has 0 aliphatic carbocycles. The zero-order chi connectivity index (χ0) is 27.7. The Morgan fingerprint density at radius 3 is 2.26 bits per heavy atom. The molecular weight excluding hydrogens is 573 g/mol. The largest absolute Gasteiger partial charge is 0.357 e. The summed E-state index contributed by atoms with van der Waals surface area (Å²) in [5.74, 6) is -1.28. The quantitative estimate of drug-likeness (QED) is 0.330. The molecule has 3 rings (SSSR count). The van der Waals surface area contributed by atoms with Gasteiger partial charge in [-0.1, -0.05) is 70.5 Å². The second-order valence-corrected chi connectivity index (χ2v) is 11.7. The molecule has 0 fully saturated rings. The molecule has 38 heavy (non-hydrogen) atoms. The number of nitrogens with zero attached hydrogens (tertiary/aromatic N) is 2. The zero-order valence-corrected chi connectivity index (χ0v) is 23.7. The summed E-state index contributed by atoms with van der Waals surface area (Å²) in [5.41, 5.74) is 1.66. The molecule has 202 valence electrons. The molecule has 0 heterocycles. The molecule has 0 saturated carbocycles. The summed E-state index contributed by atoms with van der Waals surface area (Å²) in [5, 5.41) is 2.67. The molecule has 10 heteroatoms. The van der Waals surface area contributed by atoms with E-state index in [0.717, 1.165) is 26.2 Å². The lowest BCUT2D eigenvalue weighted by Gasteiger charge is -2.31. The molecule has 3 aromatic rings. The smallest absolute Gasteiger partial charge is 0.242 e. The number of carbonyl (C=O) groups excluding carboxylic acids is 2. The van der Waals surface area contributed by atoms with Gasteiger partial charge in [-0.15, -0.1) is 0 Å². The van der Waals surface area contributed by atoms with E-state index in [-0.39, 0.29) is 43.4 Å². The number of para-hydroxylation sites is 1. The fourth-order valence-corrected chi connectivity index (χ4v) is 5.60. The van der Waals surface area contributed by atoms with Crippen molar-refractivity contribution >= 4 is 43.5 Å². The second-order valence-electron chi connectivity index (χ2n) is 8.86. The Hall–Kier alpha value is -3.24. The van der Waals surface area contributed by atoms with Crippen molar-refractivity contribution < 1.29 is 22.4 Å². The van der Waals surface area contributed by atoms with Gasteiger partial charge in [-0.05, 0) is 41.8 Å². The van der Waals surface area contributed by atoms with Crippen LogP contribution in [0.4, 0.5) is 10.1 Å². The van der Waals surface area contributed by atoms with E-state index in [9.17, 15) is 22.4 Å². The summed E-state index contributed by atoms with van der Waals surface area (Å²) < 4.78 is 41.0. The van der Waals surface area contributed by atoms with Gasteiger partial charge >= 0.3 is 0 Å². The monoisotopic (exact) mass is 603 g/mol. The highest BCUT2D eigenvalue weighted by Crippen LogP contribution is 2.23. The summed E-state index contributed by atoms with van der Waals surface area (Å²) >= 11 is 3.45. The first kappa shape index (κ1) is 29.3. The number of halogens is 2. The first-order chi connectivity index (χ1) is 18.1. The van der Waals surface area contributed by atoms with Crippen molar-refractivity contribution in [2.75, 3.05) is 24.2 Å². The highest BCUT2D eigenvalue weighted by Gasteiger charge is 2.30. The molecular formula is C28H31BrFN3O4S. The first-order valence-corrected chi connectivity index (χ1v) is 14.8. The van der Waals surface area contributed by atoms with E-state index in [4.69, 9.17) is 0 Å². The van der Waals surface area contributed by atoms with E-state index in [1.165, 1.54) is 30.1 Å². The van der Waals surface area contributed by atoms with Gasteiger partial charge in [-0.2, -0.15) is 0 Å². The number of anilines is 1. The molecule has 0 aromatic heterocycles. The maximum atomic E-state index is 14.4. The molecule has 0 aliphatic heterocycles. The number of likely N-dealkylation sites (N-methyl/N-ethyl adjacent to an activating group) is 1. The van der Waals surface area contributed by atoms with Gasteiger partial charge in [0.05, 0.1) is 11.9 Å². The van der Waals surface area contributed by atoms with Crippen molar-refractivity contribution in [1.82, 2.24) is 10.2 Å². The van der Waals surface area contributed by atoms with Crippen LogP contribution in [0.15, 0.2) is 83.3 Å². The van der Waals surface area contributed by atoms with Crippen LogP contribution in [-0.2, 0) is 32.6 Å². The van der Waals surface area contributed by atoms with Crippen molar-refractivity contribution in [1.29, 1.82) is 0 Å². The molecule has 0 radical (unpaired) electrons. The third kappa shape index (κ3) is 8.13. The third-order valence-electron chi connectivity index (χ3n) is 6.03. The number of benzene rings is 3. The highest BCUT2D eigenvalue weighted by molar-refractivity contribution is 9.10. The van der Waals surface area contributed by atoms with Crippen LogP contribution in [0, 0.1) is 5.82 Å². The van der Waals surface area contributed by atoms with E-state index >= 15 is 0 Å². The molecule has 0 spiro atoms. The maximum Gasteiger partial charge on any atom is 0.242 e. The Kier molecular flexibility index (Phi) is 10.4. The van der Waals surface area contributed by atoms with Crippen LogP contribution in [0.1, 0.15) is 24.0 Å². The van der Waals surface area contributed by atoms with Gasteiger partial charge in [0, 0.05) is 37.5 Å². The number of nitrogens with one attached hydrogen (secondary N) is 1. The van der Waals surface area contributed by atoms with Gasteiger partial charge in [0.2, 0.25) is 21.8 Å². The van der Waals surface area contributed by atoms with Crippen LogP contribution >= 0.6 is 15.9 Å². The number of hydrogen-bond donors (Lipinski definition) is 1. The van der Waals surface area contributed by atoms with E-state index < -0.39 is 21.9 Å². The molecule has 1 atom stereocenters. The minimum Gasteiger partial charge on any atom is -0.357 e. The van der Waals surface area contributed by atoms with Gasteiger partial charge in [0.15, 0.2) is 0 Å². The molecule has 0 bridgehead atoms. The first-order valence-electron chi connectivity index (χ1n) is 12.1. The Morgan fingerprint density at radius 2 is 1.63 bits per heavy atom. The Balaban J connectivity index is 1.85. The second kappa shape index (κ2) is 13.5. The molecule has 1 N–H and O–H groups in total. The Morgan fingerprint density at radius 1 is 0.974 bits per heavy atom. The molecule has 7 nitrogen and oxygen atoms in total. The maximum absolute atomic E-state index is 14.4. The standard InChI is InChI=1S/C28H31BrFN3O4S/c1-31-28(35)26(19-21-10-4-3-5-11-21)32(20-22-12-8-13-23(29)18-22)27(34)16-9-17-33(38(2,36)37)25-15-7-6-14-24(25)30/h3-8,10-15,18,26H,9,16-17,19-20H2,1-2H3,(H,31,35)/t26-/m0/s1. The summed E-state index contributed by atoms with van der Waals surface area (Å²) in [4.78, 5) is 28.2. The minimum absolute atomic E-state index is 0.0310. The number of amides is 2. The average Bonchev–Trinajstić information content (AvgIpc) is 2.88. The summed E-state index contributed by atoms with van der Waals surface area (Å²) in [6, 6.07) is 21.7. The van der Waals surface area contributed by atoms with Gasteiger partial charge in [-0.3, -0.25) is 13.9 Å². The fourth-order valence-electron chi connectivity index (χ4n) is 4.19. The number of rotatable bonds is 12. The molecule has 0 unspecified atom stereocenters. The zero-order valence-electron chi connectivity index (χ0n) is 21.3. The predicted octanol–water partition coefficient (Wildman–Crippen LogP) is 4.52. The average molecular weight is 605 g/mol. The van der Waals surface area contributed by atoms with Gasteiger partial charge in [0.1, 0.15) is 11.9 Å². The minimum atomic E-state index is -3.79. The summed E-state index contributed by atoms with van der Waals surface area (Å²) in [7, 11) is -2.26. The SMILES string of the molecule is CNC(=O)[C@H](Cc1ccccc1)N(Cc1cccc(Br)c1)C(=O)CCCN(c1ccccc1F)S(C)(=O)=O. The lowest BCUT2D eigenvalue weighted by atomic mass is 10.0. The summed E-state index contributed by atoms with van der Waals surface area (Å²) in [6.45, 7) is 0.103.